The first-order valence-corrected chi connectivity index (χ1v) is 5.41. The second-order valence-electron chi connectivity index (χ2n) is 3.46. The van der Waals surface area contributed by atoms with E-state index in [1.165, 1.54) is 0 Å². The molecule has 1 heterocycles. The van der Waals surface area contributed by atoms with Gasteiger partial charge in [-0.15, -0.1) is 5.10 Å². The molecule has 0 radical (unpaired) electrons. The Morgan fingerprint density at radius 1 is 1.44 bits per heavy atom. The van der Waals surface area contributed by atoms with Gasteiger partial charge in [-0.05, 0) is 35.0 Å². The number of hydrogen-bond donors (Lipinski definition) is 1. The Bertz CT molecular complexity index is 494. The van der Waals surface area contributed by atoms with Crippen molar-refractivity contribution in [3.8, 4) is 11.4 Å². The van der Waals surface area contributed by atoms with Gasteiger partial charge in [0.25, 0.3) is 0 Å². The maximum Gasteiger partial charge on any atom is 0.183 e. The highest BCUT2D eigenvalue weighted by Crippen LogP contribution is 2.27. The van der Waals surface area contributed by atoms with Gasteiger partial charge in [-0.2, -0.15) is 0 Å². The quantitative estimate of drug-likeness (QED) is 0.829. The number of benzene rings is 1. The summed E-state index contributed by atoms with van der Waals surface area (Å²) in [6.45, 7) is 2.82. The van der Waals surface area contributed by atoms with Gasteiger partial charge in [-0.3, -0.25) is 0 Å². The number of nitrogens with zero attached hydrogens (tertiary/aromatic N) is 4. The van der Waals surface area contributed by atoms with Gasteiger partial charge in [0.1, 0.15) is 0 Å². The molecule has 0 aliphatic rings. The predicted octanol–water partition coefficient (Wildman–Crippen LogP) is 1.99. The average molecular weight is 238 g/mol. The van der Waals surface area contributed by atoms with Crippen LogP contribution in [0.4, 0.5) is 5.69 Å². The van der Waals surface area contributed by atoms with E-state index in [-0.39, 0.29) is 0 Å². The second kappa shape index (κ2) is 4.49. The lowest BCUT2D eigenvalue weighted by atomic mass is 10.2. The van der Waals surface area contributed by atoms with E-state index in [1.54, 1.807) is 22.9 Å². The molecule has 0 saturated carbocycles. The van der Waals surface area contributed by atoms with Crippen LogP contribution in [-0.4, -0.2) is 20.2 Å². The van der Waals surface area contributed by atoms with Crippen molar-refractivity contribution in [2.75, 3.05) is 5.73 Å². The number of rotatable bonds is 3. The molecule has 2 rings (SSSR count). The molecule has 0 bridgehead atoms. The molecule has 0 aliphatic carbocycles. The van der Waals surface area contributed by atoms with Crippen LogP contribution < -0.4 is 5.73 Å². The molecule has 0 saturated heterocycles. The lowest BCUT2D eigenvalue weighted by Gasteiger charge is -2.05. The summed E-state index contributed by atoms with van der Waals surface area (Å²) in [5.74, 6) is 0.652. The summed E-state index contributed by atoms with van der Waals surface area (Å²) < 4.78 is 1.72. The lowest BCUT2D eigenvalue weighted by molar-refractivity contribution is 0.583. The summed E-state index contributed by atoms with van der Waals surface area (Å²) in [6, 6.07) is 5.27. The van der Waals surface area contributed by atoms with Crippen LogP contribution in [0.2, 0.25) is 5.02 Å². The highest BCUT2D eigenvalue weighted by Gasteiger charge is 2.11. The predicted molar refractivity (Wildman–Crippen MR) is 63.0 cm³/mol. The summed E-state index contributed by atoms with van der Waals surface area (Å²) in [7, 11) is 0. The van der Waals surface area contributed by atoms with Crippen LogP contribution in [0.1, 0.15) is 13.3 Å². The van der Waals surface area contributed by atoms with Gasteiger partial charge in [0, 0.05) is 17.8 Å². The molecule has 2 aromatic rings. The van der Waals surface area contributed by atoms with E-state index in [9.17, 15) is 0 Å². The first kappa shape index (κ1) is 10.9. The highest BCUT2D eigenvalue weighted by molar-refractivity contribution is 6.33. The number of anilines is 1. The Hall–Kier alpha value is -1.62. The largest absolute Gasteiger partial charge is 0.399 e. The van der Waals surface area contributed by atoms with Crippen LogP contribution in [0, 0.1) is 0 Å². The topological polar surface area (TPSA) is 69.6 Å². The number of nitrogen functional groups attached to an aromatic ring is 1. The Morgan fingerprint density at radius 3 is 3.00 bits per heavy atom. The van der Waals surface area contributed by atoms with Gasteiger partial charge in [0.05, 0.1) is 5.02 Å². The Labute approximate surface area is 98.2 Å². The molecule has 16 heavy (non-hydrogen) atoms. The number of nitrogens with two attached hydrogens (primary N) is 1. The van der Waals surface area contributed by atoms with Crippen molar-refractivity contribution in [2.24, 2.45) is 0 Å². The highest BCUT2D eigenvalue weighted by atomic mass is 35.5. The maximum atomic E-state index is 6.10. The van der Waals surface area contributed by atoms with Crippen molar-refractivity contribution in [3.05, 3.63) is 23.2 Å². The van der Waals surface area contributed by atoms with E-state index in [0.29, 0.717) is 16.5 Å². The van der Waals surface area contributed by atoms with E-state index in [2.05, 4.69) is 22.4 Å². The Balaban J connectivity index is 2.49. The molecule has 1 aromatic heterocycles. The zero-order chi connectivity index (χ0) is 11.5. The molecule has 0 spiro atoms. The Morgan fingerprint density at radius 2 is 2.25 bits per heavy atom. The molecule has 0 amide bonds. The van der Waals surface area contributed by atoms with Crippen LogP contribution in [-0.2, 0) is 6.54 Å². The summed E-state index contributed by atoms with van der Waals surface area (Å²) in [6.07, 6.45) is 0.956. The summed E-state index contributed by atoms with van der Waals surface area (Å²) >= 11 is 6.10. The zero-order valence-electron chi connectivity index (χ0n) is 8.89. The fourth-order valence-electron chi connectivity index (χ4n) is 1.47. The number of aromatic nitrogens is 4. The number of hydrogen-bond acceptors (Lipinski definition) is 4. The normalized spacial score (nSPS) is 10.6. The van der Waals surface area contributed by atoms with Crippen LogP contribution in [0.5, 0.6) is 0 Å². The number of tetrazole rings is 1. The molecular formula is C10H12ClN5. The van der Waals surface area contributed by atoms with Gasteiger partial charge < -0.3 is 5.73 Å². The second-order valence-corrected chi connectivity index (χ2v) is 3.87. The molecule has 2 N–H and O–H groups in total. The molecule has 0 fully saturated rings. The minimum atomic E-state index is 0.598. The summed E-state index contributed by atoms with van der Waals surface area (Å²) in [5.41, 5.74) is 7.13. The molecule has 0 atom stereocenters. The van der Waals surface area contributed by atoms with Gasteiger partial charge in [-0.25, -0.2) is 4.68 Å². The molecular weight excluding hydrogens is 226 g/mol. The molecule has 5 nitrogen and oxygen atoms in total. The van der Waals surface area contributed by atoms with Gasteiger partial charge in [0.2, 0.25) is 0 Å². The van der Waals surface area contributed by atoms with Crippen molar-refractivity contribution in [1.29, 1.82) is 0 Å². The average Bonchev–Trinajstić information content (AvgIpc) is 2.70. The van der Waals surface area contributed by atoms with Crippen molar-refractivity contribution in [2.45, 2.75) is 19.9 Å². The Kier molecular flexibility index (Phi) is 3.05. The van der Waals surface area contributed by atoms with E-state index in [0.717, 1.165) is 18.5 Å². The summed E-state index contributed by atoms with van der Waals surface area (Å²) in [5, 5.41) is 12.1. The SMILES string of the molecule is CCCn1nnnc1-c1cc(N)ccc1Cl. The fraction of sp³-hybridized carbons (Fsp3) is 0.300. The first-order chi connectivity index (χ1) is 7.72. The third-order valence-electron chi connectivity index (χ3n) is 2.20. The number of aryl methyl sites for hydroxylation is 1. The van der Waals surface area contributed by atoms with Crippen LogP contribution in [0.25, 0.3) is 11.4 Å². The maximum absolute atomic E-state index is 6.10. The molecule has 0 unspecified atom stereocenters. The van der Waals surface area contributed by atoms with Crippen LogP contribution in [0.3, 0.4) is 0 Å². The molecule has 1 aromatic carbocycles. The third-order valence-corrected chi connectivity index (χ3v) is 2.53. The van der Waals surface area contributed by atoms with Gasteiger partial charge >= 0.3 is 0 Å². The minimum Gasteiger partial charge on any atom is -0.399 e. The third kappa shape index (κ3) is 1.99. The lowest BCUT2D eigenvalue weighted by Crippen LogP contribution is -2.02. The zero-order valence-corrected chi connectivity index (χ0v) is 9.65. The first-order valence-electron chi connectivity index (χ1n) is 5.04. The monoisotopic (exact) mass is 237 g/mol. The van der Waals surface area contributed by atoms with Crippen molar-refractivity contribution in [3.63, 3.8) is 0 Å². The van der Waals surface area contributed by atoms with E-state index >= 15 is 0 Å². The van der Waals surface area contributed by atoms with Crippen LogP contribution in [0.15, 0.2) is 18.2 Å². The standard InChI is InChI=1S/C10H12ClN5/c1-2-5-16-10(13-14-15-16)8-6-7(12)3-4-9(8)11/h3-4,6H,2,5,12H2,1H3. The van der Waals surface area contributed by atoms with Gasteiger partial charge in [0.15, 0.2) is 5.82 Å². The van der Waals surface area contributed by atoms with Crippen LogP contribution >= 0.6 is 11.6 Å². The molecule has 0 aliphatic heterocycles. The van der Waals surface area contributed by atoms with Crippen molar-refractivity contribution >= 4 is 17.3 Å². The summed E-state index contributed by atoms with van der Waals surface area (Å²) in [4.78, 5) is 0. The number of halogens is 1. The molecule has 6 heteroatoms. The van der Waals surface area contributed by atoms with Crippen molar-refractivity contribution < 1.29 is 0 Å². The van der Waals surface area contributed by atoms with E-state index in [1.807, 2.05) is 0 Å². The van der Waals surface area contributed by atoms with Gasteiger partial charge in [-0.1, -0.05) is 18.5 Å². The van der Waals surface area contributed by atoms with Crippen molar-refractivity contribution in [1.82, 2.24) is 20.2 Å². The fourth-order valence-corrected chi connectivity index (χ4v) is 1.68. The molecule has 84 valence electrons. The smallest absolute Gasteiger partial charge is 0.183 e. The van der Waals surface area contributed by atoms with E-state index < -0.39 is 0 Å². The minimum absolute atomic E-state index is 0.598. The van der Waals surface area contributed by atoms with E-state index in [4.69, 9.17) is 17.3 Å².